The minimum absolute atomic E-state index is 0.0381. The van der Waals surface area contributed by atoms with Gasteiger partial charge < -0.3 is 11.1 Å². The number of urea groups is 1. The van der Waals surface area contributed by atoms with Gasteiger partial charge in [0.05, 0.1) is 23.1 Å². The highest BCUT2D eigenvalue weighted by Crippen LogP contribution is 2.29. The summed E-state index contributed by atoms with van der Waals surface area (Å²) in [5, 5.41) is 5.76. The molecule has 0 unspecified atom stereocenters. The van der Waals surface area contributed by atoms with Gasteiger partial charge >= 0.3 is 12.2 Å². The minimum atomic E-state index is -4.51. The van der Waals surface area contributed by atoms with Crippen LogP contribution in [0.25, 0.3) is 0 Å². The van der Waals surface area contributed by atoms with Crippen molar-refractivity contribution < 1.29 is 22.8 Å². The fourth-order valence-corrected chi connectivity index (χ4v) is 3.74. The van der Waals surface area contributed by atoms with Crippen LogP contribution in [0.4, 0.5) is 23.1 Å². The predicted molar refractivity (Wildman–Crippen MR) is 132 cm³/mol. The van der Waals surface area contributed by atoms with E-state index in [9.17, 15) is 22.8 Å². The van der Waals surface area contributed by atoms with E-state index in [4.69, 9.17) is 5.73 Å². The van der Waals surface area contributed by atoms with Gasteiger partial charge in [-0.2, -0.15) is 13.2 Å². The highest BCUT2D eigenvalue weighted by atomic mass is 32.1. The number of hydrogen-bond donors (Lipinski definition) is 3. The van der Waals surface area contributed by atoms with E-state index in [0.717, 1.165) is 36.7 Å². The Balaban J connectivity index is 1.66. The van der Waals surface area contributed by atoms with E-state index >= 15 is 0 Å². The van der Waals surface area contributed by atoms with Crippen LogP contribution in [0, 0.1) is 18.8 Å². The largest absolute Gasteiger partial charge is 0.416 e. The van der Waals surface area contributed by atoms with E-state index < -0.39 is 11.7 Å². The molecule has 188 valence electrons. The summed E-state index contributed by atoms with van der Waals surface area (Å²) in [7, 11) is 0. The maximum absolute atomic E-state index is 12.9. The van der Waals surface area contributed by atoms with Gasteiger partial charge in [-0.1, -0.05) is 29.4 Å². The smallest absolute Gasteiger partial charge is 0.338 e. The summed E-state index contributed by atoms with van der Waals surface area (Å²) in [6, 6.07) is 6.32. The molecular formula is C25H24F3N5O2S. The molecule has 2 aromatic heterocycles. The fraction of sp³-hybridized carbons (Fsp3) is 0.280. The SMILES string of the molecule is Cc1ccc(C(=O)Cc2cc(C(F)(F)F)ccn2)cc1C#Cc1cnc(NC(=O)NCCCCN)s1. The number of carbonyl (C=O) groups excluding carboxylic acids is 2. The summed E-state index contributed by atoms with van der Waals surface area (Å²) in [5.74, 6) is 5.59. The zero-order valence-corrected chi connectivity index (χ0v) is 20.2. The van der Waals surface area contributed by atoms with Gasteiger partial charge in [0.25, 0.3) is 0 Å². The van der Waals surface area contributed by atoms with Crippen LogP contribution in [0.2, 0.25) is 0 Å². The van der Waals surface area contributed by atoms with Crippen molar-refractivity contribution in [2.24, 2.45) is 5.73 Å². The number of pyridine rings is 1. The average Bonchev–Trinajstić information content (AvgIpc) is 3.28. The third kappa shape index (κ3) is 7.90. The van der Waals surface area contributed by atoms with Crippen molar-refractivity contribution in [1.82, 2.24) is 15.3 Å². The van der Waals surface area contributed by atoms with Crippen molar-refractivity contribution in [3.05, 3.63) is 75.6 Å². The topological polar surface area (TPSA) is 110 Å². The molecule has 7 nitrogen and oxygen atoms in total. The molecule has 0 spiro atoms. The standard InChI is InChI=1S/C25H24F3N5O2S/c1-16-4-5-18(22(34)14-20-13-19(8-11-30-20)25(26,27)28)12-17(16)6-7-21-15-32-24(36-21)33-23(35)31-10-3-2-9-29/h4-5,8,11-13,15H,2-3,9-10,14,29H2,1H3,(H2,31,32,33,35). The monoisotopic (exact) mass is 515 g/mol. The zero-order valence-electron chi connectivity index (χ0n) is 19.4. The first-order chi connectivity index (χ1) is 17.2. The lowest BCUT2D eigenvalue weighted by Gasteiger charge is -2.08. The van der Waals surface area contributed by atoms with Crippen LogP contribution in [0.1, 0.15) is 50.5 Å². The number of unbranched alkanes of at least 4 members (excludes halogenated alkanes) is 1. The molecule has 36 heavy (non-hydrogen) atoms. The number of ketones is 1. The molecule has 4 N–H and O–H groups in total. The van der Waals surface area contributed by atoms with Gasteiger partial charge in [0.1, 0.15) is 0 Å². The molecule has 3 rings (SSSR count). The number of nitrogens with two attached hydrogens (primary N) is 1. The molecule has 0 atom stereocenters. The van der Waals surface area contributed by atoms with Crippen LogP contribution in [-0.4, -0.2) is 34.9 Å². The lowest BCUT2D eigenvalue weighted by Crippen LogP contribution is -2.29. The lowest BCUT2D eigenvalue weighted by molar-refractivity contribution is -0.137. The molecule has 0 radical (unpaired) electrons. The maximum Gasteiger partial charge on any atom is 0.416 e. The second-order valence-corrected chi connectivity index (χ2v) is 8.85. The molecular weight excluding hydrogens is 491 g/mol. The number of nitrogens with one attached hydrogen (secondary N) is 2. The maximum atomic E-state index is 12.9. The number of Topliss-reactive ketones (excluding diaryl/α,β-unsaturated/α-hetero) is 1. The van der Waals surface area contributed by atoms with Crippen molar-refractivity contribution in [1.29, 1.82) is 0 Å². The number of aromatic nitrogens is 2. The Morgan fingerprint density at radius 3 is 2.67 bits per heavy atom. The van der Waals surface area contributed by atoms with Gasteiger partial charge in [0.15, 0.2) is 10.9 Å². The number of halogens is 3. The Hall–Kier alpha value is -3.75. The van der Waals surface area contributed by atoms with Crippen LogP contribution in [0.3, 0.4) is 0 Å². The van der Waals surface area contributed by atoms with Crippen LogP contribution < -0.4 is 16.4 Å². The van der Waals surface area contributed by atoms with Crippen LogP contribution in [0.5, 0.6) is 0 Å². The number of aryl methyl sites for hydroxylation is 1. The number of thiazole rings is 1. The molecule has 11 heteroatoms. The Kier molecular flexibility index (Phi) is 9.16. The van der Waals surface area contributed by atoms with E-state index in [-0.39, 0.29) is 23.9 Å². The number of anilines is 1. The van der Waals surface area contributed by atoms with Crippen molar-refractivity contribution >= 4 is 28.3 Å². The van der Waals surface area contributed by atoms with Crippen LogP contribution in [0.15, 0.2) is 42.7 Å². The number of alkyl halides is 3. The summed E-state index contributed by atoms with van der Waals surface area (Å²) in [6.45, 7) is 2.92. The fourth-order valence-electron chi connectivity index (χ4n) is 3.08. The van der Waals surface area contributed by atoms with Gasteiger partial charge in [-0.05, 0) is 56.0 Å². The first-order valence-corrected chi connectivity index (χ1v) is 11.9. The predicted octanol–water partition coefficient (Wildman–Crippen LogP) is 4.55. The van der Waals surface area contributed by atoms with Gasteiger partial charge in [0.2, 0.25) is 0 Å². The quantitative estimate of drug-likeness (QED) is 0.232. The summed E-state index contributed by atoms with van der Waals surface area (Å²) in [4.78, 5) is 33.2. The molecule has 0 aliphatic heterocycles. The van der Waals surface area contributed by atoms with E-state index in [1.165, 1.54) is 17.5 Å². The van der Waals surface area contributed by atoms with Crippen molar-refractivity contribution in [2.75, 3.05) is 18.4 Å². The first kappa shape index (κ1) is 26.8. The molecule has 0 bridgehead atoms. The number of carbonyl (C=O) groups is 2. The Morgan fingerprint density at radius 2 is 1.92 bits per heavy atom. The third-order valence-electron chi connectivity index (χ3n) is 5.01. The van der Waals surface area contributed by atoms with Gasteiger partial charge in [0, 0.05) is 29.6 Å². The molecule has 1 aromatic carbocycles. The van der Waals surface area contributed by atoms with Gasteiger partial charge in [-0.3, -0.25) is 15.1 Å². The van der Waals surface area contributed by atoms with Crippen molar-refractivity contribution in [3.63, 3.8) is 0 Å². The summed E-state index contributed by atoms with van der Waals surface area (Å²) >= 11 is 1.20. The molecule has 2 amide bonds. The van der Waals surface area contributed by atoms with Crippen LogP contribution >= 0.6 is 11.3 Å². The summed E-state index contributed by atoms with van der Waals surface area (Å²) in [5.41, 5.74) is 6.36. The number of amides is 2. The lowest BCUT2D eigenvalue weighted by atomic mass is 10.00. The van der Waals surface area contributed by atoms with E-state index in [0.29, 0.717) is 34.2 Å². The molecule has 0 fully saturated rings. The second kappa shape index (κ2) is 12.3. The summed E-state index contributed by atoms with van der Waals surface area (Å²) < 4.78 is 38.8. The first-order valence-electron chi connectivity index (χ1n) is 11.0. The second-order valence-electron chi connectivity index (χ2n) is 7.82. The summed E-state index contributed by atoms with van der Waals surface area (Å²) in [6.07, 6.45) is -0.584. The molecule has 2 heterocycles. The van der Waals surface area contributed by atoms with Gasteiger partial charge in [-0.25, -0.2) is 9.78 Å². The Bertz CT molecular complexity index is 1290. The number of rotatable bonds is 8. The molecule has 0 aliphatic rings. The molecule has 0 saturated carbocycles. The van der Waals surface area contributed by atoms with E-state index in [1.54, 1.807) is 18.2 Å². The number of benzene rings is 1. The molecule has 0 saturated heterocycles. The van der Waals surface area contributed by atoms with Crippen LogP contribution in [-0.2, 0) is 12.6 Å². The van der Waals surface area contributed by atoms with Crippen molar-refractivity contribution in [3.8, 4) is 11.8 Å². The highest BCUT2D eigenvalue weighted by molar-refractivity contribution is 7.16. The highest BCUT2D eigenvalue weighted by Gasteiger charge is 2.30. The molecule has 3 aromatic rings. The van der Waals surface area contributed by atoms with E-state index in [2.05, 4.69) is 32.4 Å². The average molecular weight is 516 g/mol. The Morgan fingerprint density at radius 1 is 1.11 bits per heavy atom. The number of hydrogen-bond acceptors (Lipinski definition) is 6. The zero-order chi connectivity index (χ0) is 26.1. The number of nitrogens with zero attached hydrogens (tertiary/aromatic N) is 2. The van der Waals surface area contributed by atoms with Gasteiger partial charge in [-0.15, -0.1) is 0 Å². The van der Waals surface area contributed by atoms with E-state index in [1.807, 2.05) is 6.92 Å². The normalized spacial score (nSPS) is 10.9. The molecule has 0 aliphatic carbocycles. The third-order valence-corrected chi connectivity index (χ3v) is 5.84. The van der Waals surface area contributed by atoms with Crippen molar-refractivity contribution in [2.45, 2.75) is 32.4 Å². The Labute approximate surface area is 210 Å². The minimum Gasteiger partial charge on any atom is -0.338 e.